The Morgan fingerprint density at radius 2 is 2.11 bits per heavy atom. The zero-order valence-corrected chi connectivity index (χ0v) is 11.4. The summed E-state index contributed by atoms with van der Waals surface area (Å²) >= 11 is 3.01. The van der Waals surface area contributed by atoms with Crippen LogP contribution in [-0.2, 0) is 11.0 Å². The van der Waals surface area contributed by atoms with E-state index >= 15 is 0 Å². The Kier molecular flexibility index (Phi) is 4.15. The first kappa shape index (κ1) is 14.3. The summed E-state index contributed by atoms with van der Waals surface area (Å²) in [5.74, 6) is -0.302. The summed E-state index contributed by atoms with van der Waals surface area (Å²) in [6.07, 6.45) is -2.84. The maximum atomic E-state index is 12.6. The lowest BCUT2D eigenvalue weighted by Gasteiger charge is -2.13. The van der Waals surface area contributed by atoms with Gasteiger partial charge in [-0.25, -0.2) is 0 Å². The van der Waals surface area contributed by atoms with Gasteiger partial charge >= 0.3 is 6.18 Å². The average molecular weight is 337 g/mol. The molecule has 0 unspecified atom stereocenters. The number of hydrogen-bond acceptors (Lipinski definition) is 2. The second-order valence-electron chi connectivity index (χ2n) is 4.36. The number of hydrogen-bond donors (Lipinski definition) is 2. The molecule has 0 aliphatic carbocycles. The van der Waals surface area contributed by atoms with Crippen LogP contribution in [0.1, 0.15) is 18.4 Å². The molecule has 1 fully saturated rings. The van der Waals surface area contributed by atoms with Gasteiger partial charge in [0, 0.05) is 10.2 Å². The second-order valence-corrected chi connectivity index (χ2v) is 5.28. The molecule has 1 heterocycles. The third kappa shape index (κ3) is 3.70. The highest BCUT2D eigenvalue weighted by Gasteiger charge is 2.31. The van der Waals surface area contributed by atoms with Gasteiger partial charge < -0.3 is 10.6 Å². The van der Waals surface area contributed by atoms with Crippen molar-refractivity contribution in [3.8, 4) is 0 Å². The van der Waals surface area contributed by atoms with Crippen molar-refractivity contribution in [1.82, 2.24) is 5.32 Å². The molecule has 19 heavy (non-hydrogen) atoms. The van der Waals surface area contributed by atoms with E-state index in [0.29, 0.717) is 6.42 Å². The molecule has 1 aliphatic heterocycles. The maximum Gasteiger partial charge on any atom is 0.416 e. The Hall–Kier alpha value is -1.08. The lowest BCUT2D eigenvalue weighted by Crippen LogP contribution is -2.35. The van der Waals surface area contributed by atoms with Gasteiger partial charge in [-0.05, 0) is 37.6 Å². The monoisotopic (exact) mass is 336 g/mol. The normalized spacial score (nSPS) is 19.5. The molecule has 1 amide bonds. The molecule has 7 heteroatoms. The van der Waals surface area contributed by atoms with E-state index in [-0.39, 0.29) is 22.1 Å². The van der Waals surface area contributed by atoms with E-state index in [4.69, 9.17) is 0 Å². The third-order valence-electron chi connectivity index (χ3n) is 2.87. The van der Waals surface area contributed by atoms with Crippen molar-refractivity contribution in [1.29, 1.82) is 0 Å². The number of benzene rings is 1. The molecule has 1 aromatic carbocycles. The molecule has 2 rings (SSSR count). The van der Waals surface area contributed by atoms with Gasteiger partial charge in [-0.3, -0.25) is 4.79 Å². The molecule has 2 N–H and O–H groups in total. The molecule has 1 atom stereocenters. The van der Waals surface area contributed by atoms with Crippen molar-refractivity contribution in [3.05, 3.63) is 28.2 Å². The predicted molar refractivity (Wildman–Crippen MR) is 68.8 cm³/mol. The molecule has 0 spiro atoms. The molecular weight excluding hydrogens is 325 g/mol. The number of rotatable bonds is 2. The SMILES string of the molecule is O=C(Nc1cc(Br)cc(C(F)(F)F)c1)[C@@H]1CCCN1. The summed E-state index contributed by atoms with van der Waals surface area (Å²) in [7, 11) is 0. The number of anilines is 1. The molecule has 1 aliphatic rings. The molecule has 1 saturated heterocycles. The van der Waals surface area contributed by atoms with E-state index in [1.165, 1.54) is 6.07 Å². The zero-order chi connectivity index (χ0) is 14.0. The van der Waals surface area contributed by atoms with Crippen LogP contribution in [0.2, 0.25) is 0 Å². The van der Waals surface area contributed by atoms with Crippen LogP contribution >= 0.6 is 15.9 Å². The van der Waals surface area contributed by atoms with Gasteiger partial charge in [0.2, 0.25) is 5.91 Å². The summed E-state index contributed by atoms with van der Waals surface area (Å²) in [6, 6.07) is 3.02. The molecule has 3 nitrogen and oxygen atoms in total. The summed E-state index contributed by atoms with van der Waals surface area (Å²) in [6.45, 7) is 0.754. The van der Waals surface area contributed by atoms with Crippen LogP contribution in [0.4, 0.5) is 18.9 Å². The first-order chi connectivity index (χ1) is 8.86. The molecule has 0 radical (unpaired) electrons. The van der Waals surface area contributed by atoms with Crippen molar-refractivity contribution >= 4 is 27.5 Å². The van der Waals surface area contributed by atoms with Crippen molar-refractivity contribution in [2.45, 2.75) is 25.1 Å². The quantitative estimate of drug-likeness (QED) is 0.871. The van der Waals surface area contributed by atoms with Gasteiger partial charge in [0.25, 0.3) is 0 Å². The highest BCUT2D eigenvalue weighted by Crippen LogP contribution is 2.33. The largest absolute Gasteiger partial charge is 0.416 e. The number of amides is 1. The van der Waals surface area contributed by atoms with Crippen molar-refractivity contribution in [3.63, 3.8) is 0 Å². The standard InChI is InChI=1S/C12H12BrF3N2O/c13-8-4-7(12(14,15)16)5-9(6-8)18-11(19)10-2-1-3-17-10/h4-6,10,17H,1-3H2,(H,18,19)/t10-/m0/s1. The van der Waals surface area contributed by atoms with Crippen LogP contribution in [0.3, 0.4) is 0 Å². The van der Waals surface area contributed by atoms with E-state index in [1.54, 1.807) is 0 Å². The summed E-state index contributed by atoms with van der Waals surface area (Å²) in [5.41, 5.74) is -0.656. The topological polar surface area (TPSA) is 41.1 Å². The minimum absolute atomic E-state index is 0.139. The molecule has 0 saturated carbocycles. The number of carbonyl (C=O) groups excluding carboxylic acids is 1. The number of alkyl halides is 3. The fourth-order valence-electron chi connectivity index (χ4n) is 1.96. The summed E-state index contributed by atoms with van der Waals surface area (Å²) in [4.78, 5) is 11.8. The van der Waals surface area contributed by atoms with E-state index in [9.17, 15) is 18.0 Å². The number of nitrogens with one attached hydrogen (secondary N) is 2. The molecule has 1 aromatic rings. The Morgan fingerprint density at radius 3 is 2.68 bits per heavy atom. The van der Waals surface area contributed by atoms with Crippen LogP contribution in [0.25, 0.3) is 0 Å². The highest BCUT2D eigenvalue weighted by atomic mass is 79.9. The summed E-state index contributed by atoms with van der Waals surface area (Å²) in [5, 5.41) is 5.50. The smallest absolute Gasteiger partial charge is 0.325 e. The Balaban J connectivity index is 2.16. The lowest BCUT2D eigenvalue weighted by molar-refractivity contribution is -0.137. The van der Waals surface area contributed by atoms with E-state index in [0.717, 1.165) is 25.1 Å². The molecule has 0 bridgehead atoms. The number of carbonyl (C=O) groups is 1. The maximum absolute atomic E-state index is 12.6. The van der Waals surface area contributed by atoms with Crippen LogP contribution in [0.15, 0.2) is 22.7 Å². The predicted octanol–water partition coefficient (Wildman–Crippen LogP) is 3.16. The minimum Gasteiger partial charge on any atom is -0.325 e. The molecule has 0 aromatic heterocycles. The minimum atomic E-state index is -4.44. The van der Waals surface area contributed by atoms with Gasteiger partial charge in [-0.15, -0.1) is 0 Å². The van der Waals surface area contributed by atoms with Gasteiger partial charge in [0.1, 0.15) is 0 Å². The van der Waals surface area contributed by atoms with Crippen LogP contribution < -0.4 is 10.6 Å². The molecular formula is C12H12BrF3N2O. The van der Waals surface area contributed by atoms with E-state index < -0.39 is 11.7 Å². The lowest BCUT2D eigenvalue weighted by atomic mass is 10.1. The van der Waals surface area contributed by atoms with Crippen molar-refractivity contribution in [2.75, 3.05) is 11.9 Å². The summed E-state index contributed by atoms with van der Waals surface area (Å²) < 4.78 is 38.2. The first-order valence-electron chi connectivity index (χ1n) is 5.78. The van der Waals surface area contributed by atoms with Crippen molar-refractivity contribution in [2.24, 2.45) is 0 Å². The van der Waals surface area contributed by atoms with Crippen molar-refractivity contribution < 1.29 is 18.0 Å². The van der Waals surface area contributed by atoms with Gasteiger partial charge in [0.15, 0.2) is 0 Å². The van der Waals surface area contributed by atoms with Crippen LogP contribution in [0, 0.1) is 0 Å². The van der Waals surface area contributed by atoms with E-state index in [1.807, 2.05) is 0 Å². The first-order valence-corrected chi connectivity index (χ1v) is 6.57. The van der Waals surface area contributed by atoms with Gasteiger partial charge in [0.05, 0.1) is 11.6 Å². The Morgan fingerprint density at radius 1 is 1.37 bits per heavy atom. The number of halogens is 4. The zero-order valence-electron chi connectivity index (χ0n) is 9.85. The Labute approximate surface area is 116 Å². The molecule has 104 valence electrons. The third-order valence-corrected chi connectivity index (χ3v) is 3.33. The second kappa shape index (κ2) is 5.50. The van der Waals surface area contributed by atoms with Crippen LogP contribution in [-0.4, -0.2) is 18.5 Å². The average Bonchev–Trinajstić information content (AvgIpc) is 2.80. The fraction of sp³-hybridized carbons (Fsp3) is 0.417. The van der Waals surface area contributed by atoms with E-state index in [2.05, 4.69) is 26.6 Å². The highest BCUT2D eigenvalue weighted by molar-refractivity contribution is 9.10. The van der Waals surface area contributed by atoms with Crippen LogP contribution in [0.5, 0.6) is 0 Å². The Bertz CT molecular complexity index is 484. The van der Waals surface area contributed by atoms with Gasteiger partial charge in [-0.1, -0.05) is 15.9 Å². The van der Waals surface area contributed by atoms with Gasteiger partial charge in [-0.2, -0.15) is 13.2 Å². The fourth-order valence-corrected chi connectivity index (χ4v) is 2.46.